The van der Waals surface area contributed by atoms with Crippen molar-refractivity contribution in [1.82, 2.24) is 10.1 Å². The molecular weight excluding hydrogens is 362 g/mol. The van der Waals surface area contributed by atoms with Gasteiger partial charge in [0.25, 0.3) is 5.89 Å². The zero-order chi connectivity index (χ0) is 19.0. The minimum atomic E-state index is -3.24. The van der Waals surface area contributed by atoms with Crippen LogP contribution in [0, 0.1) is 0 Å². The highest BCUT2D eigenvalue weighted by Gasteiger charge is 2.19. The number of hydrogen-bond donors (Lipinski definition) is 1. The molecule has 7 heteroatoms. The second kappa shape index (κ2) is 6.90. The SMILES string of the molecule is CS(=O)(=O)c1cccc(Cc2noc(-c3ccc4c(c3)CCCC4N)n2)c1. The molecule has 0 saturated carbocycles. The Balaban J connectivity index is 1.58. The summed E-state index contributed by atoms with van der Waals surface area (Å²) in [6, 6.07) is 13.0. The highest BCUT2D eigenvalue weighted by Crippen LogP contribution is 2.31. The second-order valence-electron chi connectivity index (χ2n) is 7.02. The highest BCUT2D eigenvalue weighted by molar-refractivity contribution is 7.90. The number of nitrogens with zero attached hydrogens (tertiary/aromatic N) is 2. The highest BCUT2D eigenvalue weighted by atomic mass is 32.2. The molecule has 1 atom stereocenters. The normalized spacial score (nSPS) is 16.9. The molecule has 3 aromatic rings. The minimum Gasteiger partial charge on any atom is -0.334 e. The first-order chi connectivity index (χ1) is 12.9. The molecule has 140 valence electrons. The van der Waals surface area contributed by atoms with E-state index in [9.17, 15) is 8.42 Å². The molecule has 2 N–H and O–H groups in total. The third kappa shape index (κ3) is 3.79. The Hall–Kier alpha value is -2.51. The van der Waals surface area contributed by atoms with Crippen LogP contribution in [0.25, 0.3) is 11.5 Å². The van der Waals surface area contributed by atoms with Gasteiger partial charge in [-0.15, -0.1) is 0 Å². The van der Waals surface area contributed by atoms with Crippen molar-refractivity contribution in [2.75, 3.05) is 6.26 Å². The van der Waals surface area contributed by atoms with Gasteiger partial charge in [-0.1, -0.05) is 23.4 Å². The molecule has 6 nitrogen and oxygen atoms in total. The number of rotatable bonds is 4. The van der Waals surface area contributed by atoms with Gasteiger partial charge in [0.1, 0.15) is 0 Å². The molecule has 1 aliphatic rings. The average molecular weight is 383 g/mol. The molecule has 1 aromatic heterocycles. The van der Waals surface area contributed by atoms with E-state index in [1.165, 1.54) is 17.4 Å². The van der Waals surface area contributed by atoms with Gasteiger partial charge in [0.2, 0.25) is 0 Å². The number of hydrogen-bond acceptors (Lipinski definition) is 6. The Kier molecular flexibility index (Phi) is 4.57. The summed E-state index contributed by atoms with van der Waals surface area (Å²) in [5.41, 5.74) is 10.3. The number of nitrogens with two attached hydrogens (primary N) is 1. The zero-order valence-corrected chi connectivity index (χ0v) is 15.9. The number of fused-ring (bicyclic) bond motifs is 1. The predicted molar refractivity (Wildman–Crippen MR) is 102 cm³/mol. The largest absolute Gasteiger partial charge is 0.334 e. The number of sulfone groups is 1. The molecule has 1 heterocycles. The Morgan fingerprint density at radius 3 is 2.89 bits per heavy atom. The third-order valence-corrected chi connectivity index (χ3v) is 6.02. The monoisotopic (exact) mass is 383 g/mol. The first-order valence-electron chi connectivity index (χ1n) is 8.90. The van der Waals surface area contributed by atoms with Crippen LogP contribution in [0.5, 0.6) is 0 Å². The molecule has 0 aliphatic heterocycles. The second-order valence-corrected chi connectivity index (χ2v) is 9.04. The van der Waals surface area contributed by atoms with Crippen molar-refractivity contribution >= 4 is 9.84 Å². The van der Waals surface area contributed by atoms with Gasteiger partial charge < -0.3 is 10.3 Å². The van der Waals surface area contributed by atoms with Crippen molar-refractivity contribution < 1.29 is 12.9 Å². The molecule has 0 spiro atoms. The van der Waals surface area contributed by atoms with Gasteiger partial charge in [-0.25, -0.2) is 8.42 Å². The van der Waals surface area contributed by atoms with Crippen LogP contribution < -0.4 is 5.73 Å². The van der Waals surface area contributed by atoms with Crippen molar-refractivity contribution in [3.05, 3.63) is 65.0 Å². The molecule has 0 radical (unpaired) electrons. The van der Waals surface area contributed by atoms with Crippen LogP contribution in [-0.4, -0.2) is 24.8 Å². The van der Waals surface area contributed by atoms with Crippen molar-refractivity contribution in [1.29, 1.82) is 0 Å². The predicted octanol–water partition coefficient (Wildman–Crippen LogP) is 3.07. The first-order valence-corrected chi connectivity index (χ1v) is 10.8. The smallest absolute Gasteiger partial charge is 0.257 e. The lowest BCUT2D eigenvalue weighted by atomic mass is 9.87. The van der Waals surface area contributed by atoms with E-state index >= 15 is 0 Å². The van der Waals surface area contributed by atoms with Crippen LogP contribution >= 0.6 is 0 Å². The maximum absolute atomic E-state index is 11.7. The number of benzene rings is 2. The summed E-state index contributed by atoms with van der Waals surface area (Å²) in [6.07, 6.45) is 4.71. The van der Waals surface area contributed by atoms with E-state index in [1.54, 1.807) is 18.2 Å². The topological polar surface area (TPSA) is 99.1 Å². The quantitative estimate of drug-likeness (QED) is 0.743. The number of aryl methyl sites for hydroxylation is 1. The summed E-state index contributed by atoms with van der Waals surface area (Å²) >= 11 is 0. The molecule has 0 saturated heterocycles. The van der Waals surface area contributed by atoms with E-state index < -0.39 is 9.84 Å². The molecule has 0 fully saturated rings. The van der Waals surface area contributed by atoms with E-state index in [0.717, 1.165) is 30.4 Å². The van der Waals surface area contributed by atoms with Crippen LogP contribution in [0.2, 0.25) is 0 Å². The lowest BCUT2D eigenvalue weighted by Crippen LogP contribution is -2.17. The first kappa shape index (κ1) is 17.9. The van der Waals surface area contributed by atoms with Crippen LogP contribution in [0.1, 0.15) is 41.4 Å². The van der Waals surface area contributed by atoms with Gasteiger partial charge in [-0.3, -0.25) is 0 Å². The molecule has 27 heavy (non-hydrogen) atoms. The fraction of sp³-hybridized carbons (Fsp3) is 0.300. The third-order valence-electron chi connectivity index (χ3n) is 4.91. The summed E-state index contributed by atoms with van der Waals surface area (Å²) in [5.74, 6) is 0.983. The molecule has 0 bridgehead atoms. The van der Waals surface area contributed by atoms with E-state index in [1.807, 2.05) is 18.2 Å². The molecule has 2 aromatic carbocycles. The van der Waals surface area contributed by atoms with E-state index in [-0.39, 0.29) is 10.9 Å². The summed E-state index contributed by atoms with van der Waals surface area (Å²) in [6.45, 7) is 0. The van der Waals surface area contributed by atoms with Gasteiger partial charge in [-0.2, -0.15) is 4.98 Å². The van der Waals surface area contributed by atoms with Gasteiger partial charge >= 0.3 is 0 Å². The molecule has 0 amide bonds. The summed E-state index contributed by atoms with van der Waals surface area (Å²) < 4.78 is 28.8. The van der Waals surface area contributed by atoms with Gasteiger partial charge in [0, 0.05) is 24.3 Å². The van der Waals surface area contributed by atoms with Crippen molar-refractivity contribution in [3.63, 3.8) is 0 Å². The van der Waals surface area contributed by atoms with Gasteiger partial charge in [0.05, 0.1) is 4.90 Å². The summed E-state index contributed by atoms with van der Waals surface area (Å²) in [5, 5.41) is 4.05. The van der Waals surface area contributed by atoms with E-state index in [4.69, 9.17) is 10.3 Å². The maximum Gasteiger partial charge on any atom is 0.257 e. The van der Waals surface area contributed by atoms with E-state index in [2.05, 4.69) is 16.2 Å². The maximum atomic E-state index is 11.7. The van der Waals surface area contributed by atoms with E-state index in [0.29, 0.717) is 18.1 Å². The van der Waals surface area contributed by atoms with Crippen molar-refractivity contribution in [2.45, 2.75) is 36.6 Å². The van der Waals surface area contributed by atoms with Crippen LogP contribution in [0.4, 0.5) is 0 Å². The van der Waals surface area contributed by atoms with Gasteiger partial charge in [-0.05, 0) is 60.2 Å². The fourth-order valence-electron chi connectivity index (χ4n) is 3.50. The standard InChI is InChI=1S/C20H21N3O3S/c1-27(24,25)16-6-2-4-13(10-16)11-19-22-20(26-23-19)15-8-9-17-14(12-15)5-3-7-18(17)21/h2,4,6,8-10,12,18H,3,5,7,11,21H2,1H3. The summed E-state index contributed by atoms with van der Waals surface area (Å²) in [4.78, 5) is 4.76. The zero-order valence-electron chi connectivity index (χ0n) is 15.1. The van der Waals surface area contributed by atoms with Crippen molar-refractivity contribution in [2.24, 2.45) is 5.73 Å². The van der Waals surface area contributed by atoms with Crippen molar-refractivity contribution in [3.8, 4) is 11.5 Å². The Morgan fingerprint density at radius 1 is 1.22 bits per heavy atom. The summed E-state index contributed by atoms with van der Waals surface area (Å²) in [7, 11) is -3.24. The Bertz CT molecular complexity index is 1090. The fourth-order valence-corrected chi connectivity index (χ4v) is 4.19. The number of aromatic nitrogens is 2. The van der Waals surface area contributed by atoms with Crippen LogP contribution in [0.3, 0.4) is 0 Å². The lowest BCUT2D eigenvalue weighted by Gasteiger charge is -2.22. The average Bonchev–Trinajstić information content (AvgIpc) is 3.10. The minimum absolute atomic E-state index is 0.100. The Morgan fingerprint density at radius 2 is 2.07 bits per heavy atom. The molecule has 4 rings (SSSR count). The van der Waals surface area contributed by atoms with Crippen LogP contribution in [0.15, 0.2) is 51.9 Å². The molecular formula is C20H21N3O3S. The molecule has 1 unspecified atom stereocenters. The lowest BCUT2D eigenvalue weighted by molar-refractivity contribution is 0.423. The molecule has 1 aliphatic carbocycles. The van der Waals surface area contributed by atoms with Crippen LogP contribution in [-0.2, 0) is 22.7 Å². The Labute approximate surface area is 158 Å². The van der Waals surface area contributed by atoms with Gasteiger partial charge in [0.15, 0.2) is 15.7 Å².